The Morgan fingerprint density at radius 1 is 0.204 bits per heavy atom. The predicted molar refractivity (Wildman–Crippen MR) is 376 cm³/mol. The van der Waals surface area contributed by atoms with E-state index in [4.69, 9.17) is 0 Å². The zero-order chi connectivity index (χ0) is 66.5. The van der Waals surface area contributed by atoms with Crippen LogP contribution in [0.1, 0.15) is 62.5 Å². The van der Waals surface area contributed by atoms with Crippen LogP contribution in [-0.2, 0) is 0 Å². The van der Waals surface area contributed by atoms with E-state index in [0.717, 1.165) is 67.7 Å². The van der Waals surface area contributed by atoms with Crippen LogP contribution in [0.2, 0.25) is 0 Å². The summed E-state index contributed by atoms with van der Waals surface area (Å²) in [6, 6.07) is 58.3. The maximum absolute atomic E-state index is 4.38. The number of aryl methyl sites for hydroxylation is 11. The molecule has 0 aliphatic heterocycles. The number of benzene rings is 4. The van der Waals surface area contributed by atoms with Gasteiger partial charge in [0.15, 0.2) is 0 Å². The van der Waals surface area contributed by atoms with Gasteiger partial charge in [-0.05, 0) is 183 Å². The minimum Gasteiger partial charge on any atom is -0.265 e. The van der Waals surface area contributed by atoms with E-state index < -0.39 is 0 Å². The third-order valence-corrected chi connectivity index (χ3v) is 12.0. The van der Waals surface area contributed by atoms with E-state index in [9.17, 15) is 0 Å². The molecule has 93 heavy (non-hydrogen) atoms. The fourth-order valence-electron chi connectivity index (χ4n) is 7.33. The molecule has 17 heteroatoms. The molecule has 0 unspecified atom stereocenters. The van der Waals surface area contributed by atoms with E-state index in [2.05, 4.69) is 134 Å². The van der Waals surface area contributed by atoms with E-state index in [1.807, 2.05) is 221 Å². The molecule has 0 N–H and O–H groups in total. The second-order valence-electron chi connectivity index (χ2n) is 20.3. The van der Waals surface area contributed by atoms with Gasteiger partial charge in [0.05, 0.1) is 16.6 Å². The van der Waals surface area contributed by atoms with Gasteiger partial charge in [0, 0.05) is 125 Å². The molecule has 17 nitrogen and oxygen atoms in total. The van der Waals surface area contributed by atoms with Gasteiger partial charge in [-0.3, -0.25) is 29.9 Å². The maximum atomic E-state index is 4.38. The van der Waals surface area contributed by atoms with Crippen molar-refractivity contribution in [3.8, 4) is 0 Å². The second-order valence-corrected chi connectivity index (χ2v) is 20.3. The smallest absolute Gasteiger partial charge is 0.128 e. The molecule has 0 bridgehead atoms. The SMILES string of the molecule is Cc1cc2ccccc2cn1.Cc1ccc2ccccc2n1.Cc1ccccn1.Cc1cccnc1.Cc1ccncc1.Cc1ccncn1.Cc1cnc2ccccc2c1.Cc1cncnc1.Cc1ncc2ccccc2n1.Cc1ncccn1.Cc1ncncn1. The van der Waals surface area contributed by atoms with Crippen molar-refractivity contribution in [3.05, 3.63) is 344 Å². The van der Waals surface area contributed by atoms with Crippen LogP contribution in [0.25, 0.3) is 43.5 Å². The molecule has 0 spiro atoms. The molecule has 15 rings (SSSR count). The zero-order valence-electron chi connectivity index (χ0n) is 54.7. The molecule has 4 aromatic carbocycles. The van der Waals surface area contributed by atoms with E-state index in [0.29, 0.717) is 0 Å². The van der Waals surface area contributed by atoms with Crippen molar-refractivity contribution < 1.29 is 0 Å². The van der Waals surface area contributed by atoms with E-state index in [1.54, 1.807) is 61.8 Å². The molecule has 15 aromatic rings. The highest BCUT2D eigenvalue weighted by Crippen LogP contribution is 2.14. The minimum atomic E-state index is 0.759. The van der Waals surface area contributed by atoms with Crippen molar-refractivity contribution in [2.75, 3.05) is 0 Å². The van der Waals surface area contributed by atoms with Crippen molar-refractivity contribution in [1.82, 2.24) is 84.7 Å². The predicted octanol–water partition coefficient (Wildman–Crippen LogP) is 16.3. The number of hydrogen-bond donors (Lipinski definition) is 0. The van der Waals surface area contributed by atoms with Crippen molar-refractivity contribution in [1.29, 1.82) is 0 Å². The van der Waals surface area contributed by atoms with Gasteiger partial charge in [-0.15, -0.1) is 0 Å². The molecular weight excluding hydrogens is 1150 g/mol. The Morgan fingerprint density at radius 2 is 0.763 bits per heavy atom. The summed E-state index contributed by atoms with van der Waals surface area (Å²) in [6.45, 7) is 21.6. The van der Waals surface area contributed by atoms with Gasteiger partial charge in [0.1, 0.15) is 42.8 Å². The quantitative estimate of drug-likeness (QED) is 0.138. The van der Waals surface area contributed by atoms with E-state index >= 15 is 0 Å². The van der Waals surface area contributed by atoms with Gasteiger partial charge in [-0.1, -0.05) is 97.1 Å². The average molecular weight is 1230 g/mol. The van der Waals surface area contributed by atoms with E-state index in [1.165, 1.54) is 63.5 Å². The first-order chi connectivity index (χ1) is 45.2. The van der Waals surface area contributed by atoms with Gasteiger partial charge >= 0.3 is 0 Å². The summed E-state index contributed by atoms with van der Waals surface area (Å²) in [7, 11) is 0. The molecule has 468 valence electrons. The van der Waals surface area contributed by atoms with Crippen molar-refractivity contribution >= 4 is 43.5 Å². The number of aromatic nitrogens is 17. The lowest BCUT2D eigenvalue weighted by molar-refractivity contribution is 0.974. The van der Waals surface area contributed by atoms with Crippen LogP contribution >= 0.6 is 0 Å². The molecule has 0 radical (unpaired) electrons. The molecule has 0 amide bonds. The van der Waals surface area contributed by atoms with E-state index in [-0.39, 0.29) is 0 Å². The number of rotatable bonds is 0. The Morgan fingerprint density at radius 3 is 1.27 bits per heavy atom. The topological polar surface area (TPSA) is 219 Å². The van der Waals surface area contributed by atoms with Gasteiger partial charge < -0.3 is 0 Å². The lowest BCUT2D eigenvalue weighted by atomic mass is 10.1. The van der Waals surface area contributed by atoms with Crippen LogP contribution in [0, 0.1) is 76.2 Å². The summed E-state index contributed by atoms with van der Waals surface area (Å²) >= 11 is 0. The van der Waals surface area contributed by atoms with Gasteiger partial charge in [0.25, 0.3) is 0 Å². The van der Waals surface area contributed by atoms with Crippen LogP contribution < -0.4 is 0 Å². The molecule has 0 saturated heterocycles. The number of pyridine rings is 6. The summed E-state index contributed by atoms with van der Waals surface area (Å²) in [6.07, 6.45) is 29.3. The Bertz CT molecular complexity index is 3720. The van der Waals surface area contributed by atoms with Crippen molar-refractivity contribution in [2.24, 2.45) is 0 Å². The fraction of sp³-hybridized carbons (Fsp3) is 0.145. The lowest BCUT2D eigenvalue weighted by Gasteiger charge is -1.96. The molecule has 11 heterocycles. The van der Waals surface area contributed by atoms with Gasteiger partial charge in [-0.25, -0.2) is 54.8 Å². The lowest BCUT2D eigenvalue weighted by Crippen LogP contribution is -1.86. The summed E-state index contributed by atoms with van der Waals surface area (Å²) < 4.78 is 0. The normalized spacial score (nSPS) is 9.45. The van der Waals surface area contributed by atoms with Crippen molar-refractivity contribution in [2.45, 2.75) is 76.2 Å². The van der Waals surface area contributed by atoms with Crippen molar-refractivity contribution in [3.63, 3.8) is 0 Å². The fourth-order valence-corrected chi connectivity index (χ4v) is 7.33. The first-order valence-electron chi connectivity index (χ1n) is 29.7. The average Bonchev–Trinajstić information content (AvgIpc) is 2.40. The highest BCUT2D eigenvalue weighted by atomic mass is 15.0. The third-order valence-electron chi connectivity index (χ3n) is 12.0. The third kappa shape index (κ3) is 31.8. The Hall–Kier alpha value is -11.9. The molecule has 0 aliphatic rings. The standard InChI is InChI=1S/3C10H9N.C9H8N2.3C6H7N.3C5H6N2.C4H5N3/c1-8-6-9-4-2-3-5-10(9)7-11-8;1-8-6-9-4-2-3-5-10(9)11-7-8;1-8-6-7-9-4-2-3-5-10(9)11-8;1-7-10-6-8-4-2-3-5-9(8)11-7;1-6-2-4-7-5-3-6;1-6-3-2-4-7-5-6;1-6-4-2-3-5-7-6;1-5-2-6-4-7-3-5;1-5-2-3-6-4-7-5;1-5-6-3-2-4-7-5;1-4-6-2-5-3-7-4/h3*2-7H,1H3;2-6H,1H3;3*2-5H,1H3;3*2-4H,1H3;2-3H,1H3. The molecular formula is C76H79N17. The number of nitrogens with zero attached hydrogens (tertiary/aromatic N) is 17. The Labute approximate surface area is 546 Å². The molecule has 0 atom stereocenters. The van der Waals surface area contributed by atoms with Crippen LogP contribution in [0.3, 0.4) is 0 Å². The first-order valence-corrected chi connectivity index (χ1v) is 29.7. The molecule has 11 aromatic heterocycles. The van der Waals surface area contributed by atoms with Crippen LogP contribution in [0.5, 0.6) is 0 Å². The Kier molecular flexibility index (Phi) is 33.2. The monoisotopic (exact) mass is 1230 g/mol. The second kappa shape index (κ2) is 42.9. The number of fused-ring (bicyclic) bond motifs is 4. The molecule has 0 aliphatic carbocycles. The number of hydrogen-bond acceptors (Lipinski definition) is 17. The maximum Gasteiger partial charge on any atom is 0.128 e. The van der Waals surface area contributed by atoms with Gasteiger partial charge in [-0.2, -0.15) is 0 Å². The van der Waals surface area contributed by atoms with Crippen LogP contribution in [-0.4, -0.2) is 84.7 Å². The highest BCUT2D eigenvalue weighted by Gasteiger charge is 1.95. The summed E-state index contributed by atoms with van der Waals surface area (Å²) in [5.41, 5.74) is 12.2. The zero-order valence-corrected chi connectivity index (χ0v) is 54.7. The summed E-state index contributed by atoms with van der Waals surface area (Å²) in [5, 5.41) is 5.99. The summed E-state index contributed by atoms with van der Waals surface area (Å²) in [5.74, 6) is 2.40. The highest BCUT2D eigenvalue weighted by molar-refractivity contribution is 5.82. The number of para-hydroxylation sites is 3. The largest absolute Gasteiger partial charge is 0.265 e. The van der Waals surface area contributed by atoms with Crippen LogP contribution in [0.15, 0.2) is 282 Å². The Balaban J connectivity index is 0.000000187. The minimum absolute atomic E-state index is 0.759. The van der Waals surface area contributed by atoms with Gasteiger partial charge in [0.2, 0.25) is 0 Å². The molecule has 0 fully saturated rings. The first kappa shape index (κ1) is 71.9. The summed E-state index contributed by atoms with van der Waals surface area (Å²) in [4.78, 5) is 67.0. The molecule has 0 saturated carbocycles. The van der Waals surface area contributed by atoms with Crippen LogP contribution in [0.4, 0.5) is 0 Å².